The van der Waals surface area contributed by atoms with E-state index in [0.717, 1.165) is 12.1 Å². The molecule has 2 aromatic rings. The van der Waals surface area contributed by atoms with Gasteiger partial charge in [0.2, 0.25) is 5.91 Å². The van der Waals surface area contributed by atoms with Crippen molar-refractivity contribution in [2.75, 3.05) is 24.4 Å². The SMILES string of the molecule is COc1ccc(Cl)cc1NC(=O)CCCC(=O)OCC(=O)Nc1cc(C(F)(F)F)ccc1Cl. The van der Waals surface area contributed by atoms with Crippen LogP contribution in [0.3, 0.4) is 0 Å². The quantitative estimate of drug-likeness (QED) is 0.449. The van der Waals surface area contributed by atoms with Crippen LogP contribution in [0.4, 0.5) is 24.5 Å². The van der Waals surface area contributed by atoms with E-state index in [-0.39, 0.29) is 35.9 Å². The number of rotatable bonds is 9. The smallest absolute Gasteiger partial charge is 0.416 e. The molecule has 178 valence electrons. The van der Waals surface area contributed by atoms with Crippen molar-refractivity contribution >= 4 is 52.4 Å². The number of carbonyl (C=O) groups is 3. The van der Waals surface area contributed by atoms with Crippen LogP contribution in [0.5, 0.6) is 5.75 Å². The van der Waals surface area contributed by atoms with Crippen LogP contribution in [0.15, 0.2) is 36.4 Å². The van der Waals surface area contributed by atoms with Gasteiger partial charge in [0.1, 0.15) is 5.75 Å². The lowest BCUT2D eigenvalue weighted by Gasteiger charge is -2.12. The maximum Gasteiger partial charge on any atom is 0.416 e. The fourth-order valence-electron chi connectivity index (χ4n) is 2.59. The van der Waals surface area contributed by atoms with Crippen LogP contribution in [0.2, 0.25) is 10.0 Å². The fourth-order valence-corrected chi connectivity index (χ4v) is 2.92. The zero-order valence-corrected chi connectivity index (χ0v) is 18.7. The molecule has 0 bridgehead atoms. The highest BCUT2D eigenvalue weighted by molar-refractivity contribution is 6.33. The number of nitrogens with one attached hydrogen (secondary N) is 2. The third-order valence-electron chi connectivity index (χ3n) is 4.15. The molecule has 0 radical (unpaired) electrons. The Bertz CT molecular complexity index is 1030. The number of carbonyl (C=O) groups excluding carboxylic acids is 3. The summed E-state index contributed by atoms with van der Waals surface area (Å²) in [6.45, 7) is -0.725. The summed E-state index contributed by atoms with van der Waals surface area (Å²) in [5, 5.41) is 5.07. The van der Waals surface area contributed by atoms with Gasteiger partial charge in [-0.2, -0.15) is 13.2 Å². The average Bonchev–Trinajstić information content (AvgIpc) is 2.73. The zero-order valence-electron chi connectivity index (χ0n) is 17.2. The van der Waals surface area contributed by atoms with Crippen molar-refractivity contribution in [2.24, 2.45) is 0 Å². The Hall–Kier alpha value is -2.98. The maximum absolute atomic E-state index is 12.8. The van der Waals surface area contributed by atoms with Crippen molar-refractivity contribution in [2.45, 2.75) is 25.4 Å². The Balaban J connectivity index is 1.76. The van der Waals surface area contributed by atoms with Gasteiger partial charge in [0, 0.05) is 17.9 Å². The van der Waals surface area contributed by atoms with Crippen molar-refractivity contribution in [3.63, 3.8) is 0 Å². The van der Waals surface area contributed by atoms with Gasteiger partial charge in [0.25, 0.3) is 5.91 Å². The predicted octanol–water partition coefficient (Wildman–Crippen LogP) is 5.31. The highest BCUT2D eigenvalue weighted by atomic mass is 35.5. The lowest BCUT2D eigenvalue weighted by atomic mass is 10.2. The zero-order chi connectivity index (χ0) is 24.6. The van der Waals surface area contributed by atoms with Crippen molar-refractivity contribution in [1.29, 1.82) is 0 Å². The summed E-state index contributed by atoms with van der Waals surface area (Å²) < 4.78 is 48.2. The summed E-state index contributed by atoms with van der Waals surface area (Å²) in [4.78, 5) is 35.7. The van der Waals surface area contributed by atoms with E-state index in [0.29, 0.717) is 22.5 Å². The average molecular weight is 507 g/mol. The summed E-state index contributed by atoms with van der Waals surface area (Å²) in [5.41, 5.74) is -0.879. The summed E-state index contributed by atoms with van der Waals surface area (Å²) in [6, 6.07) is 7.15. The minimum absolute atomic E-state index is 0.0171. The predicted molar refractivity (Wildman–Crippen MR) is 117 cm³/mol. The number of ether oxygens (including phenoxy) is 2. The molecule has 0 aromatic heterocycles. The molecule has 0 atom stereocenters. The number of hydrogen-bond donors (Lipinski definition) is 2. The van der Waals surface area contributed by atoms with Gasteiger partial charge in [-0.05, 0) is 42.8 Å². The van der Waals surface area contributed by atoms with Crippen LogP contribution in [0, 0.1) is 0 Å². The molecule has 0 spiro atoms. The summed E-state index contributed by atoms with van der Waals surface area (Å²) in [7, 11) is 1.44. The summed E-state index contributed by atoms with van der Waals surface area (Å²) in [6.07, 6.45) is -4.65. The van der Waals surface area contributed by atoms with Crippen molar-refractivity contribution in [3.8, 4) is 5.75 Å². The molecule has 0 saturated heterocycles. The van der Waals surface area contributed by atoms with Crippen LogP contribution >= 0.6 is 23.2 Å². The van der Waals surface area contributed by atoms with E-state index in [9.17, 15) is 27.6 Å². The largest absolute Gasteiger partial charge is 0.495 e. The standard InChI is InChI=1S/C21H19Cl2F3N2O5/c1-32-17-8-6-13(22)10-16(17)28-18(29)3-2-4-20(31)33-11-19(30)27-15-9-12(21(24,25)26)5-7-14(15)23/h5-10H,2-4,11H2,1H3,(H,27,30)(H,28,29). The number of alkyl halides is 3. The number of hydrogen-bond acceptors (Lipinski definition) is 5. The number of amides is 2. The first kappa shape index (κ1) is 26.3. The molecular weight excluding hydrogens is 488 g/mol. The molecule has 0 saturated carbocycles. The number of halogens is 5. The van der Waals surface area contributed by atoms with Crippen molar-refractivity contribution in [1.82, 2.24) is 0 Å². The van der Waals surface area contributed by atoms with Gasteiger partial charge in [-0.1, -0.05) is 23.2 Å². The van der Waals surface area contributed by atoms with E-state index in [1.807, 2.05) is 0 Å². The molecule has 0 aliphatic rings. The lowest BCUT2D eigenvalue weighted by molar-refractivity contribution is -0.147. The first-order valence-corrected chi connectivity index (χ1v) is 10.2. The maximum atomic E-state index is 12.8. The molecule has 2 aromatic carbocycles. The minimum Gasteiger partial charge on any atom is -0.495 e. The first-order valence-electron chi connectivity index (χ1n) is 9.45. The monoisotopic (exact) mass is 506 g/mol. The Morgan fingerprint density at radius 1 is 0.939 bits per heavy atom. The molecule has 0 heterocycles. The molecular formula is C21H19Cl2F3N2O5. The third kappa shape index (κ3) is 8.47. The van der Waals surface area contributed by atoms with E-state index in [1.54, 1.807) is 12.1 Å². The van der Waals surface area contributed by atoms with Gasteiger partial charge < -0.3 is 20.1 Å². The topological polar surface area (TPSA) is 93.7 Å². The van der Waals surface area contributed by atoms with Crippen LogP contribution in [-0.4, -0.2) is 31.5 Å². The van der Waals surface area contributed by atoms with E-state index in [4.69, 9.17) is 32.7 Å². The number of anilines is 2. The van der Waals surface area contributed by atoms with Gasteiger partial charge >= 0.3 is 12.1 Å². The normalized spacial score (nSPS) is 11.0. The highest BCUT2D eigenvalue weighted by Crippen LogP contribution is 2.33. The number of methoxy groups -OCH3 is 1. The Morgan fingerprint density at radius 3 is 2.30 bits per heavy atom. The van der Waals surface area contributed by atoms with E-state index < -0.39 is 30.2 Å². The van der Waals surface area contributed by atoms with Crippen LogP contribution < -0.4 is 15.4 Å². The Kier molecular flexibility index (Phi) is 9.36. The van der Waals surface area contributed by atoms with Gasteiger partial charge in [-0.25, -0.2) is 0 Å². The van der Waals surface area contributed by atoms with E-state index in [1.165, 1.54) is 13.2 Å². The highest BCUT2D eigenvalue weighted by Gasteiger charge is 2.31. The molecule has 12 heteroatoms. The second-order valence-electron chi connectivity index (χ2n) is 6.65. The van der Waals surface area contributed by atoms with Crippen molar-refractivity contribution in [3.05, 3.63) is 52.0 Å². The molecule has 0 aliphatic carbocycles. The van der Waals surface area contributed by atoms with Crippen molar-refractivity contribution < 1.29 is 37.0 Å². The van der Waals surface area contributed by atoms with Gasteiger partial charge in [0.15, 0.2) is 6.61 Å². The summed E-state index contributed by atoms with van der Waals surface area (Å²) in [5.74, 6) is -1.59. The van der Waals surface area contributed by atoms with E-state index in [2.05, 4.69) is 10.6 Å². The number of benzene rings is 2. The summed E-state index contributed by atoms with van der Waals surface area (Å²) >= 11 is 11.7. The minimum atomic E-state index is -4.61. The van der Waals surface area contributed by atoms with Crippen LogP contribution in [-0.2, 0) is 25.3 Å². The first-order chi connectivity index (χ1) is 15.5. The van der Waals surface area contributed by atoms with Gasteiger partial charge in [-0.15, -0.1) is 0 Å². The molecule has 0 aliphatic heterocycles. The molecule has 2 amide bonds. The van der Waals surface area contributed by atoms with E-state index >= 15 is 0 Å². The fraction of sp³-hybridized carbons (Fsp3) is 0.286. The molecule has 0 unspecified atom stereocenters. The third-order valence-corrected chi connectivity index (χ3v) is 4.72. The molecule has 2 rings (SSSR count). The second-order valence-corrected chi connectivity index (χ2v) is 7.49. The Morgan fingerprint density at radius 2 is 1.64 bits per heavy atom. The molecule has 2 N–H and O–H groups in total. The molecule has 0 fully saturated rings. The lowest BCUT2D eigenvalue weighted by Crippen LogP contribution is -2.21. The van der Waals surface area contributed by atoms with Gasteiger partial charge in [-0.3, -0.25) is 14.4 Å². The molecule has 33 heavy (non-hydrogen) atoms. The van der Waals surface area contributed by atoms with Crippen LogP contribution in [0.1, 0.15) is 24.8 Å². The van der Waals surface area contributed by atoms with Gasteiger partial charge in [0.05, 0.1) is 29.1 Å². The second kappa shape index (κ2) is 11.8. The number of esters is 1. The molecule has 7 nitrogen and oxygen atoms in total. The Labute approximate surface area is 197 Å². The van der Waals surface area contributed by atoms with Crippen LogP contribution in [0.25, 0.3) is 0 Å².